The summed E-state index contributed by atoms with van der Waals surface area (Å²) in [5.74, 6) is -2.47. The standard InChI is InChI=1S/C14H26F2/c1-11(2,3)10-8-14(15,16)13(6,7)9-12(10,4)5/h10H,8-9H2,1-7H3. The van der Waals surface area contributed by atoms with Crippen molar-refractivity contribution in [2.45, 2.75) is 67.2 Å². The third-order valence-corrected chi connectivity index (χ3v) is 4.34. The van der Waals surface area contributed by atoms with Gasteiger partial charge in [0.25, 0.3) is 5.92 Å². The molecule has 0 bridgehead atoms. The first-order valence-corrected chi connectivity index (χ1v) is 6.17. The monoisotopic (exact) mass is 232 g/mol. The summed E-state index contributed by atoms with van der Waals surface area (Å²) < 4.78 is 28.2. The maximum absolute atomic E-state index is 14.1. The SMILES string of the molecule is CC(C)(C)C1CC(F)(F)C(C)(C)CC1(C)C. The summed E-state index contributed by atoms with van der Waals surface area (Å²) in [5.41, 5.74) is -0.939. The van der Waals surface area contributed by atoms with Gasteiger partial charge in [-0.3, -0.25) is 0 Å². The number of alkyl halides is 2. The Morgan fingerprint density at radius 3 is 1.81 bits per heavy atom. The van der Waals surface area contributed by atoms with Gasteiger partial charge in [0.15, 0.2) is 0 Å². The zero-order chi connectivity index (χ0) is 13.0. The molecule has 0 N–H and O–H groups in total. The van der Waals surface area contributed by atoms with Crippen LogP contribution in [0.3, 0.4) is 0 Å². The first kappa shape index (κ1) is 13.9. The van der Waals surface area contributed by atoms with E-state index in [4.69, 9.17) is 0 Å². The molecule has 1 atom stereocenters. The van der Waals surface area contributed by atoms with Gasteiger partial charge >= 0.3 is 0 Å². The molecule has 0 spiro atoms. The summed E-state index contributed by atoms with van der Waals surface area (Å²) in [6.07, 6.45) is 0.617. The van der Waals surface area contributed by atoms with Gasteiger partial charge in [-0.25, -0.2) is 8.78 Å². The highest BCUT2D eigenvalue weighted by molar-refractivity contribution is 5.02. The minimum atomic E-state index is -2.54. The molecule has 0 radical (unpaired) electrons. The number of hydrogen-bond acceptors (Lipinski definition) is 0. The van der Waals surface area contributed by atoms with E-state index in [9.17, 15) is 8.78 Å². The average molecular weight is 232 g/mol. The quantitative estimate of drug-likeness (QED) is 0.543. The first-order valence-electron chi connectivity index (χ1n) is 6.17. The molecule has 1 saturated carbocycles. The summed E-state index contributed by atoms with van der Waals surface area (Å²) in [4.78, 5) is 0. The predicted molar refractivity (Wildman–Crippen MR) is 64.7 cm³/mol. The molecule has 0 amide bonds. The lowest BCUT2D eigenvalue weighted by Crippen LogP contribution is -2.52. The highest BCUT2D eigenvalue weighted by Gasteiger charge is 2.58. The molecule has 2 heteroatoms. The lowest BCUT2D eigenvalue weighted by atomic mass is 9.52. The minimum absolute atomic E-state index is 0.0105. The Labute approximate surface area is 98.8 Å². The van der Waals surface area contributed by atoms with E-state index in [0.29, 0.717) is 6.42 Å². The van der Waals surface area contributed by atoms with Crippen molar-refractivity contribution >= 4 is 0 Å². The lowest BCUT2D eigenvalue weighted by molar-refractivity contribution is -0.196. The van der Waals surface area contributed by atoms with Crippen LogP contribution in [0.4, 0.5) is 8.78 Å². The van der Waals surface area contributed by atoms with Crippen molar-refractivity contribution in [3.05, 3.63) is 0 Å². The average Bonchev–Trinajstić information content (AvgIpc) is 1.93. The van der Waals surface area contributed by atoms with Crippen LogP contribution in [-0.4, -0.2) is 5.92 Å². The van der Waals surface area contributed by atoms with Crippen LogP contribution >= 0.6 is 0 Å². The van der Waals surface area contributed by atoms with E-state index in [-0.39, 0.29) is 23.2 Å². The summed E-state index contributed by atoms with van der Waals surface area (Å²) in [7, 11) is 0. The fourth-order valence-corrected chi connectivity index (χ4v) is 3.68. The molecule has 0 aromatic rings. The molecule has 1 unspecified atom stereocenters. The second-order valence-electron chi connectivity index (χ2n) is 7.88. The van der Waals surface area contributed by atoms with Crippen molar-refractivity contribution in [3.8, 4) is 0 Å². The Hall–Kier alpha value is -0.140. The molecule has 1 aliphatic rings. The molecule has 16 heavy (non-hydrogen) atoms. The van der Waals surface area contributed by atoms with E-state index in [0.717, 1.165) is 0 Å². The second kappa shape index (κ2) is 3.43. The molecule has 1 fully saturated rings. The fraction of sp³-hybridized carbons (Fsp3) is 1.00. The minimum Gasteiger partial charge on any atom is -0.206 e. The molecule has 0 heterocycles. The van der Waals surface area contributed by atoms with Crippen LogP contribution in [0.25, 0.3) is 0 Å². The molecular formula is C14H26F2. The summed E-state index contributed by atoms with van der Waals surface area (Å²) in [6.45, 7) is 13.9. The van der Waals surface area contributed by atoms with Crippen LogP contribution in [-0.2, 0) is 0 Å². The van der Waals surface area contributed by atoms with E-state index in [1.165, 1.54) is 0 Å². The van der Waals surface area contributed by atoms with Crippen molar-refractivity contribution in [1.82, 2.24) is 0 Å². The van der Waals surface area contributed by atoms with Gasteiger partial charge in [0, 0.05) is 11.8 Å². The maximum Gasteiger partial charge on any atom is 0.253 e. The van der Waals surface area contributed by atoms with Crippen molar-refractivity contribution in [2.75, 3.05) is 0 Å². The molecule has 0 aromatic carbocycles. The zero-order valence-corrected chi connectivity index (χ0v) is 11.7. The molecule has 0 aliphatic heterocycles. The number of hydrogen-bond donors (Lipinski definition) is 0. The topological polar surface area (TPSA) is 0 Å². The van der Waals surface area contributed by atoms with Gasteiger partial charge in [-0.1, -0.05) is 48.5 Å². The van der Waals surface area contributed by atoms with Gasteiger partial charge in [-0.2, -0.15) is 0 Å². The van der Waals surface area contributed by atoms with Crippen molar-refractivity contribution in [1.29, 1.82) is 0 Å². The largest absolute Gasteiger partial charge is 0.253 e. The summed E-state index contributed by atoms with van der Waals surface area (Å²) >= 11 is 0. The van der Waals surface area contributed by atoms with Crippen LogP contribution in [0.1, 0.15) is 61.3 Å². The highest BCUT2D eigenvalue weighted by Crippen LogP contribution is 2.60. The Kier molecular flexibility index (Phi) is 2.98. The molecule has 1 rings (SSSR count). The van der Waals surface area contributed by atoms with Crippen molar-refractivity contribution in [3.63, 3.8) is 0 Å². The van der Waals surface area contributed by atoms with Gasteiger partial charge in [0.05, 0.1) is 0 Å². The summed E-state index contributed by atoms with van der Waals surface area (Å²) in [5, 5.41) is 0. The van der Waals surface area contributed by atoms with Crippen LogP contribution in [0, 0.1) is 22.2 Å². The Morgan fingerprint density at radius 2 is 1.44 bits per heavy atom. The van der Waals surface area contributed by atoms with Crippen molar-refractivity contribution in [2.24, 2.45) is 22.2 Å². The van der Waals surface area contributed by atoms with Crippen LogP contribution in [0.5, 0.6) is 0 Å². The van der Waals surface area contributed by atoms with Gasteiger partial charge in [-0.05, 0) is 23.2 Å². The molecule has 0 aromatic heterocycles. The van der Waals surface area contributed by atoms with Crippen LogP contribution in [0.2, 0.25) is 0 Å². The number of halogens is 2. The summed E-state index contributed by atoms with van der Waals surface area (Å²) in [6, 6.07) is 0. The van der Waals surface area contributed by atoms with E-state index >= 15 is 0 Å². The van der Waals surface area contributed by atoms with E-state index in [2.05, 4.69) is 34.6 Å². The third kappa shape index (κ3) is 2.26. The third-order valence-electron chi connectivity index (χ3n) is 4.34. The first-order chi connectivity index (χ1) is 6.80. The fourth-order valence-electron chi connectivity index (χ4n) is 3.68. The van der Waals surface area contributed by atoms with Crippen molar-refractivity contribution < 1.29 is 8.78 Å². The van der Waals surface area contributed by atoms with Gasteiger partial charge < -0.3 is 0 Å². The molecule has 96 valence electrons. The molecule has 0 nitrogen and oxygen atoms in total. The van der Waals surface area contributed by atoms with Gasteiger partial charge in [0.2, 0.25) is 0 Å². The maximum atomic E-state index is 14.1. The molecule has 1 aliphatic carbocycles. The van der Waals surface area contributed by atoms with Gasteiger partial charge in [-0.15, -0.1) is 0 Å². The van der Waals surface area contributed by atoms with E-state index < -0.39 is 11.3 Å². The van der Waals surface area contributed by atoms with Crippen LogP contribution < -0.4 is 0 Å². The van der Waals surface area contributed by atoms with Crippen LogP contribution in [0.15, 0.2) is 0 Å². The lowest BCUT2D eigenvalue weighted by Gasteiger charge is -2.54. The Bertz CT molecular complexity index is 269. The second-order valence-corrected chi connectivity index (χ2v) is 7.88. The molecule has 0 saturated heterocycles. The predicted octanol–water partition coefficient (Wildman–Crippen LogP) is 5.13. The molecular weight excluding hydrogens is 206 g/mol. The smallest absolute Gasteiger partial charge is 0.206 e. The Balaban J connectivity index is 3.09. The van der Waals surface area contributed by atoms with Gasteiger partial charge in [0.1, 0.15) is 0 Å². The van der Waals surface area contributed by atoms with E-state index in [1.54, 1.807) is 13.8 Å². The highest BCUT2D eigenvalue weighted by atomic mass is 19.3. The number of rotatable bonds is 0. The Morgan fingerprint density at radius 1 is 1.00 bits per heavy atom. The zero-order valence-electron chi connectivity index (χ0n) is 11.7. The normalized spacial score (nSPS) is 32.4. The van der Waals surface area contributed by atoms with E-state index in [1.807, 2.05) is 0 Å².